The summed E-state index contributed by atoms with van der Waals surface area (Å²) in [5.41, 5.74) is -0.0242. The van der Waals surface area contributed by atoms with Crippen LogP contribution in [0.4, 0.5) is 13.2 Å². The summed E-state index contributed by atoms with van der Waals surface area (Å²) in [6.45, 7) is -0.287. The van der Waals surface area contributed by atoms with Crippen LogP contribution in [0, 0.1) is 5.92 Å². The van der Waals surface area contributed by atoms with E-state index in [0.29, 0.717) is 4.90 Å². The molecule has 0 N–H and O–H groups in total. The third-order valence-electron chi connectivity index (χ3n) is 3.43. The number of nitrogens with zero attached hydrogens (tertiary/aromatic N) is 1. The van der Waals surface area contributed by atoms with Crippen molar-refractivity contribution in [3.63, 3.8) is 0 Å². The Kier molecular flexibility index (Phi) is 4.20. The number of benzene rings is 1. The van der Waals surface area contributed by atoms with E-state index in [0.717, 1.165) is 7.11 Å². The number of halogens is 3. The molecule has 1 aromatic carbocycles. The summed E-state index contributed by atoms with van der Waals surface area (Å²) in [5.74, 6) is -2.22. The van der Waals surface area contributed by atoms with Crippen LogP contribution in [0.3, 0.4) is 0 Å². The lowest BCUT2D eigenvalue weighted by Gasteiger charge is -2.30. The van der Waals surface area contributed by atoms with Gasteiger partial charge in [-0.2, -0.15) is 13.2 Å². The molecule has 1 saturated heterocycles. The van der Waals surface area contributed by atoms with Crippen LogP contribution in [0.2, 0.25) is 0 Å². The summed E-state index contributed by atoms with van der Waals surface area (Å²) in [6.07, 6.45) is -4.87. The van der Waals surface area contributed by atoms with Crippen LogP contribution in [0.15, 0.2) is 30.3 Å². The Morgan fingerprint density at radius 2 is 1.95 bits per heavy atom. The normalized spacial score (nSPS) is 20.5. The molecule has 1 heterocycles. The van der Waals surface area contributed by atoms with Crippen molar-refractivity contribution < 1.29 is 27.5 Å². The van der Waals surface area contributed by atoms with Gasteiger partial charge in [0.05, 0.1) is 13.0 Å². The average Bonchev–Trinajstić information content (AvgIpc) is 2.80. The van der Waals surface area contributed by atoms with Gasteiger partial charge in [-0.3, -0.25) is 9.59 Å². The molecular formula is C14H14F3NO3. The van der Waals surface area contributed by atoms with Gasteiger partial charge in [-0.15, -0.1) is 0 Å². The van der Waals surface area contributed by atoms with Crippen LogP contribution in [0.1, 0.15) is 18.0 Å². The molecule has 0 spiro atoms. The average molecular weight is 301 g/mol. The van der Waals surface area contributed by atoms with E-state index in [-0.39, 0.29) is 18.5 Å². The van der Waals surface area contributed by atoms with E-state index < -0.39 is 30.0 Å². The van der Waals surface area contributed by atoms with Crippen molar-refractivity contribution in [3.8, 4) is 0 Å². The summed E-state index contributed by atoms with van der Waals surface area (Å²) in [4.78, 5) is 24.0. The molecule has 1 aliphatic heterocycles. The van der Waals surface area contributed by atoms with Crippen LogP contribution < -0.4 is 0 Å². The fourth-order valence-corrected chi connectivity index (χ4v) is 2.49. The minimum Gasteiger partial charge on any atom is -0.469 e. The molecule has 0 radical (unpaired) electrons. The van der Waals surface area contributed by atoms with E-state index in [1.165, 1.54) is 24.3 Å². The number of rotatable bonds is 3. The topological polar surface area (TPSA) is 46.6 Å². The van der Waals surface area contributed by atoms with E-state index in [2.05, 4.69) is 4.74 Å². The molecule has 0 bridgehead atoms. The smallest absolute Gasteiger partial charge is 0.413 e. The molecular weight excluding hydrogens is 287 g/mol. The van der Waals surface area contributed by atoms with Crippen molar-refractivity contribution >= 4 is 11.9 Å². The van der Waals surface area contributed by atoms with Gasteiger partial charge in [0.1, 0.15) is 0 Å². The van der Waals surface area contributed by atoms with E-state index in [1.807, 2.05) is 0 Å². The first-order valence-electron chi connectivity index (χ1n) is 6.33. The molecule has 1 amide bonds. The number of hydrogen-bond acceptors (Lipinski definition) is 3. The number of likely N-dealkylation sites (tertiary alicyclic amines) is 1. The predicted molar refractivity (Wildman–Crippen MR) is 67.1 cm³/mol. The van der Waals surface area contributed by atoms with Crippen molar-refractivity contribution in [1.82, 2.24) is 4.90 Å². The maximum atomic E-state index is 13.3. The van der Waals surface area contributed by atoms with Gasteiger partial charge in [0.2, 0.25) is 5.91 Å². The monoisotopic (exact) mass is 301 g/mol. The van der Waals surface area contributed by atoms with Crippen molar-refractivity contribution in [3.05, 3.63) is 35.9 Å². The second-order valence-electron chi connectivity index (χ2n) is 4.83. The highest BCUT2D eigenvalue weighted by Gasteiger charge is 2.50. The first-order valence-corrected chi connectivity index (χ1v) is 6.33. The summed E-state index contributed by atoms with van der Waals surface area (Å²) < 4.78 is 44.5. The largest absolute Gasteiger partial charge is 0.469 e. The number of methoxy groups -OCH3 is 1. The number of carbonyl (C=O) groups is 2. The lowest BCUT2D eigenvalue weighted by Crippen LogP contribution is -2.39. The van der Waals surface area contributed by atoms with Gasteiger partial charge >= 0.3 is 12.1 Å². The van der Waals surface area contributed by atoms with Crippen LogP contribution in [-0.4, -0.2) is 36.6 Å². The van der Waals surface area contributed by atoms with Crippen LogP contribution >= 0.6 is 0 Å². The Hall–Kier alpha value is -2.05. The molecule has 1 aliphatic rings. The number of carbonyl (C=O) groups excluding carboxylic acids is 2. The molecule has 0 aromatic heterocycles. The van der Waals surface area contributed by atoms with Gasteiger partial charge in [0.15, 0.2) is 6.04 Å². The Balaban J connectivity index is 2.31. The maximum absolute atomic E-state index is 13.3. The molecule has 2 atom stereocenters. The van der Waals surface area contributed by atoms with E-state index in [4.69, 9.17) is 0 Å². The maximum Gasteiger partial charge on any atom is 0.413 e. The lowest BCUT2D eigenvalue weighted by atomic mass is 10.0. The van der Waals surface area contributed by atoms with Crippen molar-refractivity contribution in [1.29, 1.82) is 0 Å². The predicted octanol–water partition coefficient (Wildman–Crippen LogP) is 2.31. The minimum atomic E-state index is -4.61. The molecule has 114 valence electrons. The summed E-state index contributed by atoms with van der Waals surface area (Å²) >= 11 is 0. The third-order valence-corrected chi connectivity index (χ3v) is 3.43. The van der Waals surface area contributed by atoms with Gasteiger partial charge in [-0.25, -0.2) is 0 Å². The van der Waals surface area contributed by atoms with E-state index >= 15 is 0 Å². The Labute approximate surface area is 119 Å². The molecule has 21 heavy (non-hydrogen) atoms. The number of hydrogen-bond donors (Lipinski definition) is 0. The highest BCUT2D eigenvalue weighted by Crippen LogP contribution is 2.40. The zero-order chi connectivity index (χ0) is 15.6. The Morgan fingerprint density at radius 3 is 2.48 bits per heavy atom. The minimum absolute atomic E-state index is 0.0242. The number of amides is 1. The molecule has 0 saturated carbocycles. The highest BCUT2D eigenvalue weighted by molar-refractivity contribution is 5.87. The van der Waals surface area contributed by atoms with Gasteiger partial charge in [-0.1, -0.05) is 30.3 Å². The van der Waals surface area contributed by atoms with Gasteiger partial charge in [-0.05, 0) is 5.56 Å². The Bertz CT molecular complexity index is 530. The van der Waals surface area contributed by atoms with Crippen molar-refractivity contribution in [2.75, 3.05) is 13.7 Å². The second kappa shape index (κ2) is 5.75. The second-order valence-corrected chi connectivity index (χ2v) is 4.83. The zero-order valence-corrected chi connectivity index (χ0v) is 11.3. The Morgan fingerprint density at radius 1 is 1.33 bits per heavy atom. The van der Waals surface area contributed by atoms with Gasteiger partial charge in [0, 0.05) is 13.0 Å². The lowest BCUT2D eigenvalue weighted by molar-refractivity contribution is -0.189. The third kappa shape index (κ3) is 3.17. The molecule has 2 unspecified atom stereocenters. The van der Waals surface area contributed by atoms with Crippen LogP contribution in [0.5, 0.6) is 0 Å². The highest BCUT2D eigenvalue weighted by atomic mass is 19.4. The van der Waals surface area contributed by atoms with Gasteiger partial charge in [0.25, 0.3) is 0 Å². The first-order chi connectivity index (χ1) is 9.84. The van der Waals surface area contributed by atoms with Crippen molar-refractivity contribution in [2.24, 2.45) is 5.92 Å². The number of esters is 1. The fourth-order valence-electron chi connectivity index (χ4n) is 2.49. The standard InChI is InChI=1S/C14H14F3NO3/c1-21-13(20)10-7-11(19)18(8-10)12(14(15,16)17)9-5-3-2-4-6-9/h2-6,10,12H,7-8H2,1H3. The first kappa shape index (κ1) is 15.3. The molecule has 1 fully saturated rings. The molecule has 0 aliphatic carbocycles. The molecule has 7 heteroatoms. The summed E-state index contributed by atoms with van der Waals surface area (Å²) in [7, 11) is 1.15. The zero-order valence-electron chi connectivity index (χ0n) is 11.3. The SMILES string of the molecule is COC(=O)C1CC(=O)N(C(c2ccccc2)C(F)(F)F)C1. The summed E-state index contributed by atoms with van der Waals surface area (Å²) in [6, 6.07) is 5.15. The fraction of sp³-hybridized carbons (Fsp3) is 0.429. The van der Waals surface area contributed by atoms with Crippen molar-refractivity contribution in [2.45, 2.75) is 18.6 Å². The van der Waals surface area contributed by atoms with E-state index in [1.54, 1.807) is 6.07 Å². The molecule has 2 rings (SSSR count). The number of alkyl halides is 3. The van der Waals surface area contributed by atoms with Crippen LogP contribution in [-0.2, 0) is 14.3 Å². The number of ether oxygens (including phenoxy) is 1. The van der Waals surface area contributed by atoms with Gasteiger partial charge < -0.3 is 9.64 Å². The molecule has 1 aromatic rings. The van der Waals surface area contributed by atoms with Crippen LogP contribution in [0.25, 0.3) is 0 Å². The van der Waals surface area contributed by atoms with E-state index in [9.17, 15) is 22.8 Å². The molecule has 4 nitrogen and oxygen atoms in total. The quantitative estimate of drug-likeness (QED) is 0.805. The summed E-state index contributed by atoms with van der Waals surface area (Å²) in [5, 5.41) is 0.